The van der Waals surface area contributed by atoms with E-state index in [0.717, 1.165) is 13.4 Å². The summed E-state index contributed by atoms with van der Waals surface area (Å²) in [4.78, 5) is 0. The van der Waals surface area contributed by atoms with Crippen molar-refractivity contribution in [3.63, 3.8) is 0 Å². The van der Waals surface area contributed by atoms with Gasteiger partial charge in [0.15, 0.2) is 0 Å². The Hall–Kier alpha value is -6.36. The van der Waals surface area contributed by atoms with E-state index in [1.165, 1.54) is 132 Å². The van der Waals surface area contributed by atoms with Crippen LogP contribution in [0.2, 0.25) is 0 Å². The van der Waals surface area contributed by atoms with Crippen molar-refractivity contribution in [1.82, 2.24) is 0 Å². The summed E-state index contributed by atoms with van der Waals surface area (Å²) < 4.78 is 3.19. The molecule has 0 heterocycles. The SMILES string of the molecule is Brc1ccc2c(c1)-c1c(c3c(c4c1/C(=C/c1ccc5ccccc5c1)c1ccc(Br)cc1-4)/C(=C/c1ccc4ccccc4c1)c1ccc(Br)cc1-3)/C2=C/c1ccc2ccccc2c1. The van der Waals surface area contributed by atoms with Crippen molar-refractivity contribution in [2.45, 2.75) is 0 Å². The van der Waals surface area contributed by atoms with E-state index in [9.17, 15) is 0 Å². The van der Waals surface area contributed by atoms with Gasteiger partial charge in [-0.2, -0.15) is 0 Å². The topological polar surface area (TPSA) is 0 Å². The Morgan fingerprint density at radius 2 is 0.524 bits per heavy atom. The van der Waals surface area contributed by atoms with E-state index in [1.807, 2.05) is 0 Å². The predicted octanol–water partition coefficient (Wildman–Crippen LogP) is 18.1. The molecule has 3 aliphatic rings. The van der Waals surface area contributed by atoms with E-state index in [2.05, 4.69) is 248 Å². The molecule has 0 saturated carbocycles. The van der Waals surface area contributed by atoms with Gasteiger partial charge in [0, 0.05) is 13.4 Å². The molecule has 10 aromatic carbocycles. The van der Waals surface area contributed by atoms with Crippen LogP contribution < -0.4 is 0 Å². The molecular formula is C60H33Br3. The lowest BCUT2D eigenvalue weighted by atomic mass is 9.83. The molecular weight excluding hydrogens is 960 g/mol. The fourth-order valence-corrected chi connectivity index (χ4v) is 11.6. The van der Waals surface area contributed by atoms with Crippen LogP contribution in [-0.4, -0.2) is 0 Å². The fourth-order valence-electron chi connectivity index (χ4n) is 10.5. The molecule has 0 aromatic heterocycles. The highest BCUT2D eigenvalue weighted by Gasteiger charge is 2.42. The molecule has 0 bridgehead atoms. The minimum atomic E-state index is 1.06. The number of rotatable bonds is 3. The lowest BCUT2D eigenvalue weighted by Crippen LogP contribution is -1.97. The maximum atomic E-state index is 3.95. The molecule has 0 spiro atoms. The molecule has 0 amide bonds. The molecule has 13 rings (SSSR count). The first-order chi connectivity index (χ1) is 30.9. The van der Waals surface area contributed by atoms with Crippen LogP contribution in [0.5, 0.6) is 0 Å². The van der Waals surface area contributed by atoms with E-state index in [0.29, 0.717) is 0 Å². The normalized spacial score (nSPS) is 15.0. The number of hydrogen-bond donors (Lipinski definition) is 0. The lowest BCUT2D eigenvalue weighted by Gasteiger charge is -2.19. The van der Waals surface area contributed by atoms with Crippen LogP contribution in [0.4, 0.5) is 0 Å². The van der Waals surface area contributed by atoms with Gasteiger partial charge >= 0.3 is 0 Å². The van der Waals surface area contributed by atoms with Gasteiger partial charge in [0.25, 0.3) is 0 Å². The largest absolute Gasteiger partial charge is 0.0616 e. The van der Waals surface area contributed by atoms with Crippen molar-refractivity contribution in [2.24, 2.45) is 0 Å². The third-order valence-corrected chi connectivity index (χ3v) is 14.7. The summed E-state index contributed by atoms with van der Waals surface area (Å²) in [6.45, 7) is 0. The standard InChI is InChI=1S/C60H33Br3/c61-43-19-22-46-49(28-34-13-16-37-7-1-4-10-40(37)25-34)55-58(52(46)31-43)56-51(30-36-15-18-39-9-3-6-12-42(39)27-36)48-24-21-45(63)33-54(48)60(56)57-50(47-23-20-44(62)32-53(47)59(55)57)29-35-14-17-38-8-2-5-11-41(38)26-35/h1-33H/b49-28+,50-29+,51-30+. The van der Waals surface area contributed by atoms with Crippen LogP contribution in [0.1, 0.15) is 50.1 Å². The number of halogens is 3. The van der Waals surface area contributed by atoms with Crippen LogP contribution in [-0.2, 0) is 0 Å². The van der Waals surface area contributed by atoms with E-state index >= 15 is 0 Å². The average molecular weight is 994 g/mol. The minimum Gasteiger partial charge on any atom is -0.0616 e. The summed E-state index contributed by atoms with van der Waals surface area (Å²) in [6.07, 6.45) is 7.31. The summed E-state index contributed by atoms with van der Waals surface area (Å²) in [5.74, 6) is 0. The average Bonchev–Trinajstić information content (AvgIpc) is 3.90. The Kier molecular flexibility index (Phi) is 8.47. The second-order valence-electron chi connectivity index (χ2n) is 16.8. The summed E-state index contributed by atoms with van der Waals surface area (Å²) in [6, 6.07) is 67.1. The Morgan fingerprint density at radius 1 is 0.238 bits per heavy atom. The first-order valence-corrected chi connectivity index (χ1v) is 23.6. The van der Waals surface area contributed by atoms with Gasteiger partial charge < -0.3 is 0 Å². The summed E-state index contributed by atoms with van der Waals surface area (Å²) in [5, 5.41) is 7.42. The van der Waals surface area contributed by atoms with Gasteiger partial charge in [0.05, 0.1) is 0 Å². The van der Waals surface area contributed by atoms with Crippen molar-refractivity contribution in [3.8, 4) is 33.4 Å². The Bertz CT molecular complexity index is 3350. The van der Waals surface area contributed by atoms with E-state index in [-0.39, 0.29) is 0 Å². The number of fused-ring (bicyclic) bond motifs is 15. The van der Waals surface area contributed by atoms with Gasteiger partial charge in [-0.05, 0) is 205 Å². The highest BCUT2D eigenvalue weighted by atomic mass is 79.9. The third-order valence-electron chi connectivity index (χ3n) is 13.2. The molecule has 0 fully saturated rings. The van der Waals surface area contributed by atoms with Crippen LogP contribution in [0.25, 0.3) is 101 Å². The molecule has 294 valence electrons. The fraction of sp³-hybridized carbons (Fsp3) is 0. The molecule has 0 unspecified atom stereocenters. The maximum absolute atomic E-state index is 3.95. The molecule has 3 aliphatic carbocycles. The number of hydrogen-bond acceptors (Lipinski definition) is 0. The van der Waals surface area contributed by atoms with E-state index in [4.69, 9.17) is 0 Å². The zero-order valence-electron chi connectivity index (χ0n) is 33.7. The third kappa shape index (κ3) is 5.91. The van der Waals surface area contributed by atoms with Crippen molar-refractivity contribution in [3.05, 3.63) is 245 Å². The second kappa shape index (κ2) is 14.3. The molecule has 0 radical (unpaired) electrons. The van der Waals surface area contributed by atoms with Crippen molar-refractivity contribution in [2.75, 3.05) is 0 Å². The van der Waals surface area contributed by atoms with Gasteiger partial charge in [-0.1, -0.05) is 175 Å². The van der Waals surface area contributed by atoms with E-state index in [1.54, 1.807) is 0 Å². The molecule has 0 saturated heterocycles. The van der Waals surface area contributed by atoms with E-state index < -0.39 is 0 Å². The monoisotopic (exact) mass is 990 g/mol. The Labute approximate surface area is 391 Å². The Morgan fingerprint density at radius 3 is 0.825 bits per heavy atom. The highest BCUT2D eigenvalue weighted by molar-refractivity contribution is 9.11. The first-order valence-electron chi connectivity index (χ1n) is 21.2. The zero-order valence-corrected chi connectivity index (χ0v) is 38.4. The lowest BCUT2D eigenvalue weighted by molar-refractivity contribution is 1.57. The van der Waals surface area contributed by atoms with Crippen LogP contribution in [0.3, 0.4) is 0 Å². The predicted molar refractivity (Wildman–Crippen MR) is 279 cm³/mol. The van der Waals surface area contributed by atoms with Gasteiger partial charge in [-0.15, -0.1) is 0 Å². The molecule has 63 heavy (non-hydrogen) atoms. The molecule has 0 atom stereocenters. The van der Waals surface area contributed by atoms with Gasteiger partial charge in [0.2, 0.25) is 0 Å². The Balaban J connectivity index is 1.20. The quantitative estimate of drug-likeness (QED) is 0.165. The minimum absolute atomic E-state index is 1.06. The van der Waals surface area contributed by atoms with Crippen LogP contribution in [0.15, 0.2) is 195 Å². The highest BCUT2D eigenvalue weighted by Crippen LogP contribution is 2.65. The van der Waals surface area contributed by atoms with Gasteiger partial charge in [-0.3, -0.25) is 0 Å². The van der Waals surface area contributed by atoms with Crippen molar-refractivity contribution in [1.29, 1.82) is 0 Å². The van der Waals surface area contributed by atoms with Crippen molar-refractivity contribution < 1.29 is 0 Å². The molecule has 0 aliphatic heterocycles. The van der Waals surface area contributed by atoms with Gasteiger partial charge in [-0.25, -0.2) is 0 Å². The molecule has 0 nitrogen and oxygen atoms in total. The summed E-state index contributed by atoms with van der Waals surface area (Å²) in [7, 11) is 0. The summed E-state index contributed by atoms with van der Waals surface area (Å²) >= 11 is 11.8. The van der Waals surface area contributed by atoms with Crippen LogP contribution in [0, 0.1) is 0 Å². The van der Waals surface area contributed by atoms with Gasteiger partial charge in [0.1, 0.15) is 0 Å². The smallest absolute Gasteiger partial charge is 0.0181 e. The maximum Gasteiger partial charge on any atom is 0.0181 e. The second-order valence-corrected chi connectivity index (χ2v) is 19.6. The molecule has 3 heteroatoms. The first kappa shape index (κ1) is 37.2. The van der Waals surface area contributed by atoms with Crippen molar-refractivity contribution >= 4 is 115 Å². The molecule has 0 N–H and O–H groups in total. The van der Waals surface area contributed by atoms with Crippen LogP contribution >= 0.6 is 47.8 Å². The summed E-state index contributed by atoms with van der Waals surface area (Å²) in [5.41, 5.74) is 22.4. The molecule has 10 aromatic rings. The number of benzene rings is 10. The zero-order chi connectivity index (χ0) is 41.9.